The molecule has 1 aliphatic carbocycles. The number of hydrogen-bond acceptors (Lipinski definition) is 5. The van der Waals surface area contributed by atoms with Crippen molar-refractivity contribution in [2.45, 2.75) is 57.7 Å². The Morgan fingerprint density at radius 2 is 2.00 bits per heavy atom. The monoisotopic (exact) mass is 346 g/mol. The Hall–Kier alpha value is -2.45. The minimum atomic E-state index is -0.966. The largest absolute Gasteiger partial charge is 0.332 e. The van der Waals surface area contributed by atoms with Crippen LogP contribution >= 0.6 is 0 Å². The number of amides is 4. The van der Waals surface area contributed by atoms with E-state index in [-0.39, 0.29) is 24.4 Å². The molecule has 25 heavy (non-hydrogen) atoms. The molecule has 0 unspecified atom stereocenters. The number of carbonyl (C=O) groups is 3. The third-order valence-electron chi connectivity index (χ3n) is 5.08. The van der Waals surface area contributed by atoms with Crippen LogP contribution in [-0.4, -0.2) is 61.0 Å². The third-order valence-corrected chi connectivity index (χ3v) is 5.08. The fourth-order valence-electron chi connectivity index (χ4n) is 3.57. The molecule has 1 saturated heterocycles. The number of rotatable bonds is 3. The van der Waals surface area contributed by atoms with Gasteiger partial charge in [0.25, 0.3) is 5.91 Å². The van der Waals surface area contributed by atoms with Crippen LogP contribution in [0.1, 0.15) is 57.2 Å². The summed E-state index contributed by atoms with van der Waals surface area (Å²) in [7, 11) is 0. The average molecular weight is 346 g/mol. The van der Waals surface area contributed by atoms with Gasteiger partial charge in [0, 0.05) is 12.5 Å². The SMILES string of the molecule is C[C@H]1CN(C(=O)CN2C(=O)NC(C)(C)C2=O)Cc2nnc(C3CC3)n21. The molecular formula is C16H22N6O3. The van der Waals surface area contributed by atoms with Gasteiger partial charge >= 0.3 is 6.03 Å². The zero-order valence-electron chi connectivity index (χ0n) is 14.7. The summed E-state index contributed by atoms with van der Waals surface area (Å²) < 4.78 is 2.14. The number of carbonyl (C=O) groups excluding carboxylic acids is 3. The smallest absolute Gasteiger partial charge is 0.325 e. The maximum atomic E-state index is 12.7. The molecule has 9 heteroatoms. The number of imide groups is 1. The number of nitrogens with zero attached hydrogens (tertiary/aromatic N) is 5. The van der Waals surface area contributed by atoms with Gasteiger partial charge in [-0.25, -0.2) is 4.79 Å². The molecule has 4 rings (SSSR count). The molecule has 1 aromatic rings. The number of urea groups is 1. The van der Waals surface area contributed by atoms with Gasteiger partial charge in [-0.1, -0.05) is 0 Å². The zero-order valence-corrected chi connectivity index (χ0v) is 14.7. The van der Waals surface area contributed by atoms with Crippen LogP contribution in [0, 0.1) is 0 Å². The van der Waals surface area contributed by atoms with E-state index in [9.17, 15) is 14.4 Å². The molecule has 0 bridgehead atoms. The van der Waals surface area contributed by atoms with Crippen LogP contribution in [0.25, 0.3) is 0 Å². The van der Waals surface area contributed by atoms with Crippen molar-refractivity contribution >= 4 is 17.8 Å². The van der Waals surface area contributed by atoms with E-state index in [0.29, 0.717) is 19.0 Å². The first-order valence-corrected chi connectivity index (χ1v) is 8.63. The number of aromatic nitrogens is 3. The lowest BCUT2D eigenvalue weighted by Crippen LogP contribution is -2.47. The van der Waals surface area contributed by atoms with Crippen molar-refractivity contribution in [1.82, 2.24) is 29.9 Å². The lowest BCUT2D eigenvalue weighted by Gasteiger charge is -2.33. The molecule has 1 saturated carbocycles. The maximum absolute atomic E-state index is 12.7. The Labute approximate surface area is 145 Å². The minimum Gasteiger partial charge on any atom is -0.332 e. The molecule has 2 fully saturated rings. The number of fused-ring (bicyclic) bond motifs is 1. The van der Waals surface area contributed by atoms with Crippen LogP contribution in [0.2, 0.25) is 0 Å². The van der Waals surface area contributed by atoms with E-state index < -0.39 is 11.6 Å². The lowest BCUT2D eigenvalue weighted by atomic mass is 10.1. The number of nitrogens with one attached hydrogen (secondary N) is 1. The van der Waals surface area contributed by atoms with Crippen molar-refractivity contribution in [3.63, 3.8) is 0 Å². The summed E-state index contributed by atoms with van der Waals surface area (Å²) in [6.45, 7) is 5.93. The molecule has 0 aromatic carbocycles. The molecule has 1 atom stereocenters. The predicted octanol–water partition coefficient (Wildman–Crippen LogP) is 0.389. The fraction of sp³-hybridized carbons (Fsp3) is 0.688. The van der Waals surface area contributed by atoms with Crippen molar-refractivity contribution < 1.29 is 14.4 Å². The topological polar surface area (TPSA) is 100 Å². The molecule has 1 N–H and O–H groups in total. The van der Waals surface area contributed by atoms with Gasteiger partial charge in [0.05, 0.1) is 12.6 Å². The summed E-state index contributed by atoms with van der Waals surface area (Å²) in [5.41, 5.74) is -0.966. The first kappa shape index (κ1) is 16.0. The van der Waals surface area contributed by atoms with Gasteiger partial charge in [0.1, 0.15) is 17.9 Å². The highest BCUT2D eigenvalue weighted by Crippen LogP contribution is 2.41. The predicted molar refractivity (Wildman–Crippen MR) is 86.4 cm³/mol. The van der Waals surface area contributed by atoms with Gasteiger partial charge in [0.2, 0.25) is 5.91 Å². The lowest BCUT2D eigenvalue weighted by molar-refractivity contribution is -0.139. The van der Waals surface area contributed by atoms with Crippen molar-refractivity contribution in [3.05, 3.63) is 11.6 Å². The molecular weight excluding hydrogens is 324 g/mol. The normalized spacial score (nSPS) is 25.2. The Morgan fingerprint density at radius 1 is 1.28 bits per heavy atom. The van der Waals surface area contributed by atoms with Crippen LogP contribution in [-0.2, 0) is 16.1 Å². The van der Waals surface area contributed by atoms with Crippen LogP contribution in [0.15, 0.2) is 0 Å². The molecule has 1 aromatic heterocycles. The van der Waals surface area contributed by atoms with Crippen molar-refractivity contribution in [1.29, 1.82) is 0 Å². The summed E-state index contributed by atoms with van der Waals surface area (Å²) in [5, 5.41) is 11.1. The van der Waals surface area contributed by atoms with Gasteiger partial charge < -0.3 is 14.8 Å². The van der Waals surface area contributed by atoms with Crippen LogP contribution in [0.3, 0.4) is 0 Å². The van der Waals surface area contributed by atoms with Gasteiger partial charge in [-0.3, -0.25) is 14.5 Å². The minimum absolute atomic E-state index is 0.0813. The van der Waals surface area contributed by atoms with Crippen LogP contribution in [0.5, 0.6) is 0 Å². The van der Waals surface area contributed by atoms with Crippen molar-refractivity contribution in [2.75, 3.05) is 13.1 Å². The first-order valence-electron chi connectivity index (χ1n) is 8.63. The highest BCUT2D eigenvalue weighted by molar-refractivity contribution is 6.08. The van der Waals surface area contributed by atoms with E-state index in [0.717, 1.165) is 29.4 Å². The molecule has 2 aliphatic heterocycles. The van der Waals surface area contributed by atoms with E-state index in [2.05, 4.69) is 20.1 Å². The van der Waals surface area contributed by atoms with Crippen LogP contribution < -0.4 is 5.32 Å². The molecule has 134 valence electrons. The van der Waals surface area contributed by atoms with E-state index in [4.69, 9.17) is 0 Å². The maximum Gasteiger partial charge on any atom is 0.325 e. The summed E-state index contributed by atoms with van der Waals surface area (Å²) in [4.78, 5) is 39.5. The number of hydrogen-bond donors (Lipinski definition) is 1. The van der Waals surface area contributed by atoms with Gasteiger partial charge in [0.15, 0.2) is 5.82 Å². The van der Waals surface area contributed by atoms with Gasteiger partial charge in [-0.15, -0.1) is 10.2 Å². The average Bonchev–Trinajstić information content (AvgIpc) is 3.26. The van der Waals surface area contributed by atoms with E-state index in [1.54, 1.807) is 18.7 Å². The quantitative estimate of drug-likeness (QED) is 0.798. The highest BCUT2D eigenvalue weighted by atomic mass is 16.2. The summed E-state index contributed by atoms with van der Waals surface area (Å²) in [5.74, 6) is 1.65. The van der Waals surface area contributed by atoms with Crippen LogP contribution in [0.4, 0.5) is 4.79 Å². The molecule has 4 amide bonds. The fourth-order valence-corrected chi connectivity index (χ4v) is 3.57. The molecule has 9 nitrogen and oxygen atoms in total. The van der Waals surface area contributed by atoms with E-state index in [1.165, 1.54) is 0 Å². The second-order valence-corrected chi connectivity index (χ2v) is 7.69. The van der Waals surface area contributed by atoms with Crippen molar-refractivity contribution in [3.8, 4) is 0 Å². The zero-order chi connectivity index (χ0) is 17.9. The third kappa shape index (κ3) is 2.58. The van der Waals surface area contributed by atoms with Crippen molar-refractivity contribution in [2.24, 2.45) is 0 Å². The van der Waals surface area contributed by atoms with E-state index in [1.807, 2.05) is 6.92 Å². The summed E-state index contributed by atoms with van der Waals surface area (Å²) in [6, 6.07) is -0.439. The van der Waals surface area contributed by atoms with Gasteiger partial charge in [-0.05, 0) is 33.6 Å². The molecule has 0 radical (unpaired) electrons. The highest BCUT2D eigenvalue weighted by Gasteiger charge is 2.45. The molecule has 3 aliphatic rings. The summed E-state index contributed by atoms with van der Waals surface area (Å²) in [6.07, 6.45) is 2.30. The molecule has 0 spiro atoms. The Bertz CT molecular complexity index is 766. The Kier molecular flexibility index (Phi) is 3.38. The Balaban J connectivity index is 1.48. The second kappa shape index (κ2) is 5.27. The summed E-state index contributed by atoms with van der Waals surface area (Å²) >= 11 is 0. The Morgan fingerprint density at radius 3 is 2.60 bits per heavy atom. The first-order chi connectivity index (χ1) is 11.8. The second-order valence-electron chi connectivity index (χ2n) is 7.69. The van der Waals surface area contributed by atoms with Gasteiger partial charge in [-0.2, -0.15) is 0 Å². The van der Waals surface area contributed by atoms with E-state index >= 15 is 0 Å². The molecule has 3 heterocycles. The standard InChI is InChI=1S/C16H22N6O3/c1-9-6-20(7-11-18-19-13(22(9)11)10-4-5-10)12(23)8-21-14(24)16(2,3)17-15(21)25/h9-10H,4-8H2,1-3H3,(H,17,25)/t9-/m0/s1.